The Kier molecular flexibility index (Phi) is 33.4. The molecular formula is C92H108ClN11O15S2. The van der Waals surface area contributed by atoms with Gasteiger partial charge in [0.05, 0.1) is 68.2 Å². The Balaban J connectivity index is 0.724. The first-order valence-electron chi connectivity index (χ1n) is 40.6. The minimum absolute atomic E-state index is 0.00742. The Morgan fingerprint density at radius 2 is 1.31 bits per heavy atom. The number of allylic oxidation sites excluding steroid dienone is 3. The molecule has 640 valence electrons. The lowest BCUT2D eigenvalue weighted by Gasteiger charge is -2.42. The van der Waals surface area contributed by atoms with Gasteiger partial charge in [-0.2, -0.15) is 0 Å². The number of aliphatic hydroxyl groups is 1. The van der Waals surface area contributed by atoms with Crippen molar-refractivity contribution in [1.29, 1.82) is 0 Å². The highest BCUT2D eigenvalue weighted by Gasteiger charge is 2.64. The Labute approximate surface area is 720 Å². The molecule has 0 spiro atoms. The van der Waals surface area contributed by atoms with Crippen molar-refractivity contribution < 1.29 is 71.8 Å². The average molecular weight is 1710 g/mol. The summed E-state index contributed by atoms with van der Waals surface area (Å²) in [5.74, 6) is -2.38. The largest absolute Gasteiger partial charge is 0.495 e. The Morgan fingerprint density at radius 3 is 1.87 bits per heavy atom. The number of benzene rings is 4. The number of pyridine rings is 4. The van der Waals surface area contributed by atoms with Gasteiger partial charge in [0.15, 0.2) is 5.72 Å². The summed E-state index contributed by atoms with van der Waals surface area (Å²) in [6.07, 6.45) is 8.05. The molecule has 3 aliphatic heterocycles. The summed E-state index contributed by atoms with van der Waals surface area (Å²) in [6, 6.07) is 49.1. The molecule has 7 heterocycles. The summed E-state index contributed by atoms with van der Waals surface area (Å²) < 4.78 is 41.7. The van der Waals surface area contributed by atoms with Crippen molar-refractivity contribution >= 4 is 80.5 Å². The number of rotatable bonds is 37. The van der Waals surface area contributed by atoms with E-state index in [-0.39, 0.29) is 54.8 Å². The highest BCUT2D eigenvalue weighted by atomic mass is 35.5. The van der Waals surface area contributed by atoms with E-state index in [1.165, 1.54) is 66.7 Å². The van der Waals surface area contributed by atoms with Crippen LogP contribution in [0.1, 0.15) is 118 Å². The van der Waals surface area contributed by atoms with E-state index in [1.807, 2.05) is 140 Å². The number of esters is 2. The van der Waals surface area contributed by atoms with E-state index in [9.17, 15) is 33.9 Å². The topological polar surface area (TPSA) is 299 Å². The molecule has 3 aliphatic rings. The number of ether oxygens (including phenoxy) is 7. The molecule has 4 aromatic carbocycles. The molecule has 2 fully saturated rings. The molecule has 0 radical (unpaired) electrons. The van der Waals surface area contributed by atoms with E-state index in [2.05, 4.69) is 58.6 Å². The summed E-state index contributed by atoms with van der Waals surface area (Å²) >= 11 is 6.91. The zero-order chi connectivity index (χ0) is 86.0. The number of carbonyl (C=O) groups excluding carboxylic acids is 7. The molecule has 4 aromatic heterocycles. The van der Waals surface area contributed by atoms with Crippen molar-refractivity contribution in [3.63, 3.8) is 0 Å². The van der Waals surface area contributed by atoms with E-state index in [0.29, 0.717) is 82.3 Å². The van der Waals surface area contributed by atoms with Crippen LogP contribution in [-0.4, -0.2) is 194 Å². The maximum Gasteiger partial charge on any atom is 0.409 e. The highest BCUT2D eigenvalue weighted by molar-refractivity contribution is 8.76. The third-order valence-corrected chi connectivity index (χ3v) is 24.6. The Bertz CT molecular complexity index is 4650. The number of carbonyl (C=O) groups is 7. The summed E-state index contributed by atoms with van der Waals surface area (Å²) in [7, 11) is 9.84. The first-order chi connectivity index (χ1) is 58.4. The molecule has 0 saturated carbocycles. The van der Waals surface area contributed by atoms with Crippen LogP contribution in [0.15, 0.2) is 206 Å². The fourth-order valence-electron chi connectivity index (χ4n) is 15.0. The third-order valence-electron chi connectivity index (χ3n) is 21.8. The number of unbranched alkanes of at least 4 members (excludes halogenated alkanes) is 1. The van der Waals surface area contributed by atoms with Crippen LogP contribution in [-0.2, 0) is 105 Å². The molecule has 26 nitrogen and oxygen atoms in total. The third kappa shape index (κ3) is 26.2. The van der Waals surface area contributed by atoms with Gasteiger partial charge in [0.1, 0.15) is 52.5 Å². The zero-order valence-corrected chi connectivity index (χ0v) is 72.3. The standard InChI is InChI=1S/C92H108ClN11O15S2/c1-62-24-23-31-80(114-8)92(112)54-79(117-90(111)99-92)63(2)87-91(4,119-87)81(53-84(107)101(6)77-50-66(46-62)51-78(113-7)86(77)93)118-89(110)64(3)100(5)83(106)37-45-121-120-44-36-82(105)98-76(52-85(108)115-9)88(109)104(57-65-32-34-70(35-33-65)69-25-11-10-12-26-69)42-21-22-43-116-75-48-67(55-102(58-71-27-13-17-38-94-71)59-72-28-14-18-39-95-72)47-68(49-75)56-103(60-73-29-15-19-40-96-73)61-74-30-16-20-41-97-74/h10-20,23-35,38-41,47-51,63-64,76,79-81,87,112H,21-22,36-37,42-46,52-61H2,1-9H3,(H,98,105)(H,99,111)/b31-23+,62-24+/t63-,64+,76?,79+,80-,81+,87+,91+,92+/m0/s1. The van der Waals surface area contributed by atoms with Crippen LogP contribution in [0.2, 0.25) is 5.02 Å². The van der Waals surface area contributed by atoms with Gasteiger partial charge in [0.2, 0.25) is 23.6 Å². The number of likely N-dealkylation sites (N-methyl/N-ethyl adjacent to an activating group) is 1. The van der Waals surface area contributed by atoms with Gasteiger partial charge in [-0.25, -0.2) is 9.59 Å². The second kappa shape index (κ2) is 44.3. The van der Waals surface area contributed by atoms with Crippen LogP contribution in [0.5, 0.6) is 11.5 Å². The minimum atomic E-state index is -1.90. The Morgan fingerprint density at radius 1 is 0.727 bits per heavy atom. The van der Waals surface area contributed by atoms with Crippen LogP contribution in [0.4, 0.5) is 10.5 Å². The molecule has 5 amide bonds. The zero-order valence-electron chi connectivity index (χ0n) is 69.9. The number of epoxide rings is 1. The molecule has 8 aromatic rings. The number of fused-ring (bicyclic) bond motifs is 5. The summed E-state index contributed by atoms with van der Waals surface area (Å²) in [5, 5.41) is 17.6. The lowest BCUT2D eigenvalue weighted by molar-refractivity contribution is -0.162. The molecule has 2 saturated heterocycles. The van der Waals surface area contributed by atoms with Gasteiger partial charge >= 0.3 is 18.0 Å². The van der Waals surface area contributed by atoms with Gasteiger partial charge in [-0.3, -0.25) is 59.0 Å². The Hall–Kier alpha value is -10.6. The van der Waals surface area contributed by atoms with E-state index < -0.39 is 102 Å². The predicted molar refractivity (Wildman–Crippen MR) is 465 cm³/mol. The van der Waals surface area contributed by atoms with Crippen LogP contribution in [0, 0.1) is 5.92 Å². The fourth-order valence-corrected chi connectivity index (χ4v) is 17.2. The molecule has 9 atom stereocenters. The second-order valence-corrected chi connectivity index (χ2v) is 34.0. The molecule has 4 bridgehead atoms. The number of methoxy groups -OCH3 is 3. The van der Waals surface area contributed by atoms with Crippen LogP contribution in [0.3, 0.4) is 0 Å². The number of hydrogen-bond donors (Lipinski definition) is 3. The van der Waals surface area contributed by atoms with Crippen molar-refractivity contribution in [3.8, 4) is 22.6 Å². The van der Waals surface area contributed by atoms with Gasteiger partial charge in [-0.15, -0.1) is 0 Å². The van der Waals surface area contributed by atoms with E-state index in [1.54, 1.807) is 74.9 Å². The molecular weight excluding hydrogens is 1600 g/mol. The van der Waals surface area contributed by atoms with Gasteiger partial charge in [-0.05, 0) is 146 Å². The number of amides is 5. The molecule has 3 N–H and O–H groups in total. The lowest BCUT2D eigenvalue weighted by atomic mass is 9.83. The average Bonchev–Trinajstić information content (AvgIpc) is 1.57. The van der Waals surface area contributed by atoms with E-state index in [4.69, 9.17) is 44.8 Å². The summed E-state index contributed by atoms with van der Waals surface area (Å²) in [6.45, 7) is 11.0. The normalized spacial score (nSPS) is 20.3. The van der Waals surface area contributed by atoms with Gasteiger partial charge in [-0.1, -0.05) is 149 Å². The number of hydrogen-bond acceptors (Lipinski definition) is 23. The number of nitrogens with zero attached hydrogens (tertiary/aromatic N) is 9. The monoisotopic (exact) mass is 1710 g/mol. The lowest BCUT2D eigenvalue weighted by Crippen LogP contribution is -2.63. The maximum absolute atomic E-state index is 15.1. The highest BCUT2D eigenvalue weighted by Crippen LogP contribution is 2.49. The smallest absolute Gasteiger partial charge is 0.409 e. The van der Waals surface area contributed by atoms with E-state index in [0.717, 1.165) is 61.7 Å². The van der Waals surface area contributed by atoms with Crippen molar-refractivity contribution in [2.24, 2.45) is 5.92 Å². The number of aromatic nitrogens is 4. The molecule has 1 unspecified atom stereocenters. The number of alkyl carbamates (subject to hydrolysis) is 1. The molecule has 0 aliphatic carbocycles. The fraction of sp³-hybridized carbons (Fsp3) is 0.402. The minimum Gasteiger partial charge on any atom is -0.495 e. The number of anilines is 1. The first-order valence-corrected chi connectivity index (χ1v) is 43.4. The summed E-state index contributed by atoms with van der Waals surface area (Å²) in [5.41, 5.74) is 7.37. The van der Waals surface area contributed by atoms with Crippen molar-refractivity contribution in [1.82, 2.24) is 50.2 Å². The SMILES string of the molecule is COC(=O)CC(NC(=O)CCSSCCC(=O)N(C)[C@H](C)C(=O)O[C@@H]1CC(=O)N(C)c2cc(cc(OC)c2Cl)C/C(C)=C/C=C/[C@H](OC)[C@]2(O)C[C@@H](OC(=O)N2)[C@H](C)[C@H]2O[C@@]21C)C(=O)N(CCCCOc1cc(CN(Cc2ccccn2)Cc2ccccn2)cc(CN(Cc2ccccn2)Cc2ccccn2)c1)Cc1ccc(-c2ccccc2)cc1. The maximum atomic E-state index is 15.1. The number of halogens is 1. The predicted octanol–water partition coefficient (Wildman–Crippen LogP) is 13.3. The van der Waals surface area contributed by atoms with E-state index >= 15 is 4.79 Å². The molecule has 121 heavy (non-hydrogen) atoms. The molecule has 11 rings (SSSR count). The van der Waals surface area contributed by atoms with Gasteiger partial charge in [0.25, 0.3) is 0 Å². The van der Waals surface area contributed by atoms with Crippen LogP contribution in [0.25, 0.3) is 11.1 Å². The van der Waals surface area contributed by atoms with Crippen LogP contribution >= 0.6 is 33.2 Å². The first kappa shape index (κ1) is 91.2. The van der Waals surface area contributed by atoms with Crippen LogP contribution < -0.4 is 25.0 Å². The second-order valence-electron chi connectivity index (χ2n) is 30.9. The van der Waals surface area contributed by atoms with Crippen molar-refractivity contribution in [3.05, 3.63) is 256 Å². The molecule has 29 heteroatoms. The summed E-state index contributed by atoms with van der Waals surface area (Å²) in [4.78, 5) is 126. The van der Waals surface area contributed by atoms with Gasteiger partial charge < -0.3 is 58.3 Å². The van der Waals surface area contributed by atoms with Crippen molar-refractivity contribution in [2.75, 3.05) is 65.0 Å². The van der Waals surface area contributed by atoms with Crippen molar-refractivity contribution in [2.45, 2.75) is 173 Å². The van der Waals surface area contributed by atoms with Gasteiger partial charge in [0, 0.05) is 135 Å². The number of nitrogens with one attached hydrogen (secondary N) is 2. The quantitative estimate of drug-likeness (QED) is 0.0107.